The molecule has 0 radical (unpaired) electrons. The van der Waals surface area contributed by atoms with Crippen LogP contribution >= 0.6 is 35.0 Å². The molecule has 24 heavy (non-hydrogen) atoms. The second-order valence-electron chi connectivity index (χ2n) is 5.05. The van der Waals surface area contributed by atoms with E-state index in [0.29, 0.717) is 33.7 Å². The van der Waals surface area contributed by atoms with Gasteiger partial charge in [-0.3, -0.25) is 0 Å². The Balaban J connectivity index is 1.86. The lowest BCUT2D eigenvalue weighted by Gasteiger charge is -2.08. The van der Waals surface area contributed by atoms with E-state index in [1.807, 2.05) is 17.6 Å². The van der Waals surface area contributed by atoms with Crippen molar-refractivity contribution in [1.29, 1.82) is 0 Å². The van der Waals surface area contributed by atoms with E-state index in [4.69, 9.17) is 23.2 Å². The molecule has 0 spiro atoms. The first-order chi connectivity index (χ1) is 11.6. The highest BCUT2D eigenvalue weighted by atomic mass is 35.5. The summed E-state index contributed by atoms with van der Waals surface area (Å²) in [5, 5.41) is 10.3. The van der Waals surface area contributed by atoms with Gasteiger partial charge in [0.1, 0.15) is 5.82 Å². The molecule has 0 aliphatic heterocycles. The fourth-order valence-electron chi connectivity index (χ4n) is 2.30. The van der Waals surface area contributed by atoms with Crippen LogP contribution in [0.15, 0.2) is 47.6 Å². The minimum absolute atomic E-state index is 0.308. The van der Waals surface area contributed by atoms with Gasteiger partial charge in [0.15, 0.2) is 11.0 Å². The van der Waals surface area contributed by atoms with Gasteiger partial charge in [0.25, 0.3) is 0 Å². The summed E-state index contributed by atoms with van der Waals surface area (Å²) in [6.45, 7) is 2.63. The van der Waals surface area contributed by atoms with Crippen LogP contribution in [0.25, 0.3) is 11.4 Å². The second kappa shape index (κ2) is 7.55. The topological polar surface area (TPSA) is 30.7 Å². The standard InChI is InChI=1S/C17H14Cl2FN3S/c1-2-23-16(13-5-3-4-6-15(13)20)21-22-17(23)24-10-11-7-8-12(18)9-14(11)19/h3-9H,2,10H2,1H3. The molecular formula is C17H14Cl2FN3S. The predicted octanol–water partition coefficient (Wildman–Crippen LogP) is 5.70. The highest BCUT2D eigenvalue weighted by Gasteiger charge is 2.16. The number of aromatic nitrogens is 3. The maximum atomic E-state index is 14.0. The van der Waals surface area contributed by atoms with Crippen molar-refractivity contribution in [3.63, 3.8) is 0 Å². The third-order valence-electron chi connectivity index (χ3n) is 3.52. The molecule has 124 valence electrons. The van der Waals surface area contributed by atoms with Gasteiger partial charge < -0.3 is 4.57 Å². The van der Waals surface area contributed by atoms with Crippen molar-refractivity contribution in [2.45, 2.75) is 24.4 Å². The van der Waals surface area contributed by atoms with E-state index in [1.54, 1.807) is 30.3 Å². The lowest BCUT2D eigenvalue weighted by Crippen LogP contribution is -2.01. The molecule has 0 unspecified atom stereocenters. The van der Waals surface area contributed by atoms with Crippen LogP contribution in [-0.4, -0.2) is 14.8 Å². The van der Waals surface area contributed by atoms with E-state index < -0.39 is 0 Å². The van der Waals surface area contributed by atoms with Crippen LogP contribution in [0.4, 0.5) is 4.39 Å². The molecule has 0 bridgehead atoms. The van der Waals surface area contributed by atoms with E-state index >= 15 is 0 Å². The van der Waals surface area contributed by atoms with Gasteiger partial charge in [-0.15, -0.1) is 10.2 Å². The monoisotopic (exact) mass is 381 g/mol. The van der Waals surface area contributed by atoms with Crippen LogP contribution in [0.3, 0.4) is 0 Å². The first-order valence-corrected chi connectivity index (χ1v) is 9.09. The Bertz CT molecular complexity index is 867. The van der Waals surface area contributed by atoms with Crippen LogP contribution in [0, 0.1) is 5.82 Å². The normalized spacial score (nSPS) is 11.0. The van der Waals surface area contributed by atoms with Gasteiger partial charge in [-0.25, -0.2) is 4.39 Å². The maximum Gasteiger partial charge on any atom is 0.191 e. The molecule has 0 saturated carbocycles. The Morgan fingerprint density at radius 2 is 1.92 bits per heavy atom. The molecule has 0 atom stereocenters. The molecule has 0 aliphatic carbocycles. The van der Waals surface area contributed by atoms with Gasteiger partial charge >= 0.3 is 0 Å². The summed E-state index contributed by atoms with van der Waals surface area (Å²) in [7, 11) is 0. The SMILES string of the molecule is CCn1c(SCc2ccc(Cl)cc2Cl)nnc1-c1ccccc1F. The van der Waals surface area contributed by atoms with Crippen LogP contribution in [0.2, 0.25) is 10.0 Å². The molecule has 0 amide bonds. The van der Waals surface area contributed by atoms with Gasteiger partial charge in [-0.2, -0.15) is 0 Å². The molecule has 3 rings (SSSR count). The molecule has 0 aliphatic rings. The molecule has 0 fully saturated rings. The van der Waals surface area contributed by atoms with Crippen molar-refractivity contribution < 1.29 is 4.39 Å². The molecule has 1 heterocycles. The summed E-state index contributed by atoms with van der Waals surface area (Å²) in [4.78, 5) is 0. The van der Waals surface area contributed by atoms with Gasteiger partial charge in [-0.1, -0.05) is 53.2 Å². The number of hydrogen-bond donors (Lipinski definition) is 0. The zero-order chi connectivity index (χ0) is 17.1. The molecule has 0 N–H and O–H groups in total. The first-order valence-electron chi connectivity index (χ1n) is 7.35. The van der Waals surface area contributed by atoms with Crippen molar-refractivity contribution in [2.75, 3.05) is 0 Å². The van der Waals surface area contributed by atoms with Gasteiger partial charge in [0, 0.05) is 22.3 Å². The van der Waals surface area contributed by atoms with E-state index in [2.05, 4.69) is 10.2 Å². The molecule has 3 aromatic rings. The van der Waals surface area contributed by atoms with Crippen LogP contribution in [0.5, 0.6) is 0 Å². The summed E-state index contributed by atoms with van der Waals surface area (Å²) in [5.41, 5.74) is 1.41. The molecule has 2 aromatic carbocycles. The average Bonchev–Trinajstić information content (AvgIpc) is 2.97. The maximum absolute atomic E-state index is 14.0. The Hall–Kier alpha value is -1.56. The van der Waals surface area contributed by atoms with E-state index in [0.717, 1.165) is 10.7 Å². The summed E-state index contributed by atoms with van der Waals surface area (Å²) in [5.74, 6) is 0.850. The fraction of sp³-hybridized carbons (Fsp3) is 0.176. The largest absolute Gasteiger partial charge is 0.302 e. The lowest BCUT2D eigenvalue weighted by molar-refractivity contribution is 0.624. The van der Waals surface area contributed by atoms with Gasteiger partial charge in [-0.05, 0) is 36.8 Å². The summed E-state index contributed by atoms with van der Waals surface area (Å²) >= 11 is 13.6. The van der Waals surface area contributed by atoms with Crippen LogP contribution in [-0.2, 0) is 12.3 Å². The first kappa shape index (κ1) is 17.3. The number of hydrogen-bond acceptors (Lipinski definition) is 3. The summed E-state index contributed by atoms with van der Waals surface area (Å²) in [6, 6.07) is 12.0. The number of rotatable bonds is 5. The van der Waals surface area contributed by atoms with Gasteiger partial charge in [0.05, 0.1) is 5.56 Å². The van der Waals surface area contributed by atoms with Crippen molar-refractivity contribution in [3.8, 4) is 11.4 Å². The fourth-order valence-corrected chi connectivity index (χ4v) is 3.86. The van der Waals surface area contributed by atoms with Crippen molar-refractivity contribution in [1.82, 2.24) is 14.8 Å². The zero-order valence-electron chi connectivity index (χ0n) is 12.8. The van der Waals surface area contributed by atoms with Crippen LogP contribution in [0.1, 0.15) is 12.5 Å². The highest BCUT2D eigenvalue weighted by molar-refractivity contribution is 7.98. The molecule has 3 nitrogen and oxygen atoms in total. The number of nitrogens with zero attached hydrogens (tertiary/aromatic N) is 3. The Morgan fingerprint density at radius 1 is 1.12 bits per heavy atom. The molecule has 0 saturated heterocycles. The molecule has 7 heteroatoms. The van der Waals surface area contributed by atoms with Gasteiger partial charge in [0.2, 0.25) is 0 Å². The Morgan fingerprint density at radius 3 is 2.62 bits per heavy atom. The second-order valence-corrected chi connectivity index (χ2v) is 6.84. The summed E-state index contributed by atoms with van der Waals surface area (Å²) in [6.07, 6.45) is 0. The van der Waals surface area contributed by atoms with E-state index in [1.165, 1.54) is 17.8 Å². The lowest BCUT2D eigenvalue weighted by atomic mass is 10.2. The Labute approximate surface area is 153 Å². The van der Waals surface area contributed by atoms with Crippen molar-refractivity contribution in [3.05, 3.63) is 63.9 Å². The number of thioether (sulfide) groups is 1. The van der Waals surface area contributed by atoms with Crippen molar-refractivity contribution >= 4 is 35.0 Å². The van der Waals surface area contributed by atoms with Crippen LogP contribution < -0.4 is 0 Å². The quantitative estimate of drug-likeness (QED) is 0.530. The molecule has 1 aromatic heterocycles. The zero-order valence-corrected chi connectivity index (χ0v) is 15.2. The highest BCUT2D eigenvalue weighted by Crippen LogP contribution is 2.30. The number of halogens is 3. The third kappa shape index (κ3) is 3.58. The number of benzene rings is 2. The van der Waals surface area contributed by atoms with Crippen molar-refractivity contribution in [2.24, 2.45) is 0 Å². The predicted molar refractivity (Wildman–Crippen MR) is 97.1 cm³/mol. The minimum Gasteiger partial charge on any atom is -0.302 e. The Kier molecular flexibility index (Phi) is 5.43. The minimum atomic E-state index is -0.308. The summed E-state index contributed by atoms with van der Waals surface area (Å²) < 4.78 is 15.9. The van der Waals surface area contributed by atoms with E-state index in [-0.39, 0.29) is 5.82 Å². The smallest absolute Gasteiger partial charge is 0.191 e. The van der Waals surface area contributed by atoms with E-state index in [9.17, 15) is 4.39 Å². The average molecular weight is 382 g/mol. The molecular weight excluding hydrogens is 368 g/mol. The third-order valence-corrected chi connectivity index (χ3v) is 5.12.